The molecule has 0 bridgehead atoms. The summed E-state index contributed by atoms with van der Waals surface area (Å²) in [6.45, 7) is 24.1. The van der Waals surface area contributed by atoms with Crippen molar-refractivity contribution in [1.29, 1.82) is 0 Å². The van der Waals surface area contributed by atoms with Crippen LogP contribution in [-0.2, 0) is 24.9 Å². The summed E-state index contributed by atoms with van der Waals surface area (Å²) in [5.41, 5.74) is -1.43. The van der Waals surface area contributed by atoms with Crippen LogP contribution in [0.15, 0.2) is 84.9 Å². The van der Waals surface area contributed by atoms with Crippen LogP contribution in [0.5, 0.6) is 11.5 Å². The zero-order chi connectivity index (χ0) is 60.3. The molecule has 1 aliphatic rings. The number of methoxy groups -OCH3 is 2. The van der Waals surface area contributed by atoms with Crippen LogP contribution in [0.25, 0.3) is 0 Å². The second-order valence-electron chi connectivity index (χ2n) is 22.7. The van der Waals surface area contributed by atoms with Crippen molar-refractivity contribution in [3.63, 3.8) is 0 Å². The Labute approximate surface area is 461 Å². The van der Waals surface area contributed by atoms with Crippen molar-refractivity contribution in [3.05, 3.63) is 130 Å². The molecule has 0 aliphatic carbocycles. The molecule has 0 radical (unpaired) electrons. The van der Waals surface area contributed by atoms with Gasteiger partial charge >= 0.3 is 19.5 Å². The van der Waals surface area contributed by atoms with Crippen LogP contribution in [0.1, 0.15) is 144 Å². The molecule has 79 heavy (non-hydrogen) atoms. The molecule has 3 N–H and O–H groups in total. The fraction of sp³-hybridized carbons (Fsp3) is 0.475. The Balaban J connectivity index is 0.000000329. The SMILES string of the molecule is C#CC[C@@](O)(CC(C)(C)c1ccc(F)cc1C(=O)N[C@@H](C)c1ccc(OC)cc1)C(F)(F)F.CC1(C)OB(CC#C[Si](C)(C)C)OC1(C)C.COc1ccc([C@H](C)NC(=O)c2cc(F)ccc2C(C)(C)CC(=O)C(F)(F)F)cc1. The van der Waals surface area contributed by atoms with Crippen LogP contribution in [-0.4, -0.2) is 81.3 Å². The van der Waals surface area contributed by atoms with Gasteiger partial charge in [-0.25, -0.2) is 8.78 Å². The minimum atomic E-state index is -4.98. The van der Waals surface area contributed by atoms with Crippen molar-refractivity contribution in [1.82, 2.24) is 10.6 Å². The minimum Gasteiger partial charge on any atom is -0.497 e. The Bertz CT molecular complexity index is 2830. The van der Waals surface area contributed by atoms with Gasteiger partial charge in [0.05, 0.1) is 37.5 Å². The zero-order valence-electron chi connectivity index (χ0n) is 47.5. The Kier molecular flexibility index (Phi) is 22.4. The first-order valence-corrected chi connectivity index (χ1v) is 28.8. The van der Waals surface area contributed by atoms with E-state index in [1.165, 1.54) is 54.0 Å². The van der Waals surface area contributed by atoms with Crippen molar-refractivity contribution >= 4 is 32.8 Å². The minimum absolute atomic E-state index is 0.115. The number of aliphatic hydroxyl groups is 1. The first-order chi connectivity index (χ1) is 36.1. The van der Waals surface area contributed by atoms with Crippen LogP contribution in [0.2, 0.25) is 26.0 Å². The number of hydrogen-bond donors (Lipinski definition) is 3. The average molecular weight is 1130 g/mol. The third kappa shape index (κ3) is 19.0. The Morgan fingerprint density at radius 2 is 1.09 bits per heavy atom. The normalized spacial score (nSPS) is 15.7. The van der Waals surface area contributed by atoms with Gasteiger partial charge in [0.25, 0.3) is 11.8 Å². The van der Waals surface area contributed by atoms with Crippen LogP contribution < -0.4 is 20.1 Å². The number of ether oxygens (including phenoxy) is 2. The van der Waals surface area contributed by atoms with Crippen molar-refractivity contribution in [3.8, 4) is 35.3 Å². The van der Waals surface area contributed by atoms with Crippen molar-refractivity contribution < 1.29 is 73.4 Å². The van der Waals surface area contributed by atoms with Gasteiger partial charge in [-0.3, -0.25) is 14.4 Å². The number of terminal acetylenes is 1. The first kappa shape index (κ1) is 67.1. The maximum absolute atomic E-state index is 14.0. The molecule has 4 aromatic carbocycles. The van der Waals surface area contributed by atoms with E-state index < -0.39 is 97.4 Å². The molecular weight excluding hydrogens is 1060 g/mol. The summed E-state index contributed by atoms with van der Waals surface area (Å²) in [6.07, 6.45) is -6.85. The highest BCUT2D eigenvalue weighted by molar-refractivity contribution is 6.83. The highest BCUT2D eigenvalue weighted by Crippen LogP contribution is 2.44. The fourth-order valence-corrected chi connectivity index (χ4v) is 9.02. The molecule has 1 saturated heterocycles. The summed E-state index contributed by atoms with van der Waals surface area (Å²) in [7, 11) is 1.60. The van der Waals surface area contributed by atoms with Gasteiger partial charge in [0.2, 0.25) is 5.78 Å². The standard InChI is InChI=1S/C25H27F4NO3.C22H23F4NO3.C12H23BO2Si/c1-6-13-24(32,25(27,28)29)15-23(3,4)21-12-9-18(26)14-20(21)22(31)30-16(2)17-7-10-19(33-5)11-8-17;1-13(14-5-8-16(30-4)9-6-14)27-20(29)17-11-15(23)7-10-18(17)21(2,3)12-19(28)22(24,25)26;1-11(2)12(3,4)15-13(14-11)9-8-10-16(5,6)7/h1,7-12,14,16,32H,13,15H2,2-5H3,(H,30,31);5-11,13H,12H2,1-4H3,(H,27,29);9H2,1-7H3/t16-,24+;13-;/m00./s1. The van der Waals surface area contributed by atoms with E-state index >= 15 is 0 Å². The molecule has 0 aromatic heterocycles. The van der Waals surface area contributed by atoms with Gasteiger partial charge in [0.15, 0.2) is 5.60 Å². The zero-order valence-corrected chi connectivity index (χ0v) is 48.5. The van der Waals surface area contributed by atoms with E-state index in [-0.39, 0.29) is 40.6 Å². The van der Waals surface area contributed by atoms with Gasteiger partial charge < -0.3 is 34.5 Å². The molecule has 5 rings (SSSR count). The first-order valence-electron chi connectivity index (χ1n) is 25.3. The Morgan fingerprint density at radius 3 is 1.43 bits per heavy atom. The maximum atomic E-state index is 14.0. The van der Waals surface area contributed by atoms with Crippen LogP contribution >= 0.6 is 0 Å². The fourth-order valence-electron chi connectivity index (χ4n) is 8.39. The summed E-state index contributed by atoms with van der Waals surface area (Å²) < 4.78 is 129. The number of ketones is 1. The van der Waals surface area contributed by atoms with Gasteiger partial charge in [-0.2, -0.15) is 26.3 Å². The summed E-state index contributed by atoms with van der Waals surface area (Å²) >= 11 is 0. The number of Topliss-reactive ketones (excluding diaryl/α,β-unsaturated/α-hetero) is 1. The van der Waals surface area contributed by atoms with Gasteiger partial charge in [-0.1, -0.05) is 83.7 Å². The molecule has 1 fully saturated rings. The predicted octanol–water partition coefficient (Wildman–Crippen LogP) is 13.4. The number of carbonyl (C=O) groups is 3. The van der Waals surface area contributed by atoms with Gasteiger partial charge in [0, 0.05) is 30.3 Å². The van der Waals surface area contributed by atoms with E-state index in [0.717, 1.165) is 35.4 Å². The van der Waals surface area contributed by atoms with Gasteiger partial charge in [-0.05, 0) is 130 Å². The number of nitrogens with one attached hydrogen (secondary N) is 2. The predicted molar refractivity (Wildman–Crippen MR) is 293 cm³/mol. The second-order valence-corrected chi connectivity index (χ2v) is 27.5. The molecule has 0 saturated carbocycles. The second kappa shape index (κ2) is 26.4. The molecule has 1 aliphatic heterocycles. The highest BCUT2D eigenvalue weighted by atomic mass is 28.3. The lowest BCUT2D eigenvalue weighted by Gasteiger charge is -2.37. The maximum Gasteiger partial charge on any atom is 0.470 e. The number of halogens is 8. The number of alkyl halides is 6. The van der Waals surface area contributed by atoms with E-state index in [1.807, 2.05) is 5.92 Å². The van der Waals surface area contributed by atoms with E-state index in [9.17, 15) is 54.6 Å². The van der Waals surface area contributed by atoms with Crippen molar-refractivity contribution in [2.45, 2.75) is 167 Å². The lowest BCUT2D eigenvalue weighted by molar-refractivity contribution is -0.264. The third-order valence-electron chi connectivity index (χ3n) is 13.4. The molecule has 20 heteroatoms. The molecule has 3 atom stereocenters. The monoisotopic (exact) mass is 1130 g/mol. The van der Waals surface area contributed by atoms with E-state index in [4.69, 9.17) is 25.2 Å². The van der Waals surface area contributed by atoms with Crippen LogP contribution in [0.3, 0.4) is 0 Å². The topological polar surface area (TPSA) is 132 Å². The summed E-state index contributed by atoms with van der Waals surface area (Å²) in [4.78, 5) is 37.4. The Morgan fingerprint density at radius 1 is 0.696 bits per heavy atom. The lowest BCUT2D eigenvalue weighted by atomic mass is 9.72. The number of rotatable bonds is 16. The Hall–Kier alpha value is -6.19. The van der Waals surface area contributed by atoms with Gasteiger partial charge in [-0.15, -0.1) is 23.8 Å². The molecule has 1 heterocycles. The molecule has 4 aromatic rings. The number of hydrogen-bond acceptors (Lipinski definition) is 8. The number of benzene rings is 4. The van der Waals surface area contributed by atoms with E-state index in [2.05, 4.69) is 69.4 Å². The smallest absolute Gasteiger partial charge is 0.470 e. The molecular formula is C59H73BF8N2O8Si. The summed E-state index contributed by atoms with van der Waals surface area (Å²) in [5, 5.41) is 15.8. The quantitative estimate of drug-likeness (QED) is 0.0574. The average Bonchev–Trinajstić information content (AvgIpc) is 3.56. The molecule has 2 amide bonds. The van der Waals surface area contributed by atoms with Crippen molar-refractivity contribution in [2.24, 2.45) is 0 Å². The molecule has 430 valence electrons. The molecule has 0 spiro atoms. The summed E-state index contributed by atoms with van der Waals surface area (Å²) in [6, 6.07) is 19.5. The number of amides is 2. The van der Waals surface area contributed by atoms with Crippen LogP contribution in [0.4, 0.5) is 35.1 Å². The summed E-state index contributed by atoms with van der Waals surface area (Å²) in [5.74, 6) is 1.70. The lowest BCUT2D eigenvalue weighted by Crippen LogP contribution is -2.49. The largest absolute Gasteiger partial charge is 0.497 e. The van der Waals surface area contributed by atoms with Crippen LogP contribution in [0, 0.1) is 35.4 Å². The van der Waals surface area contributed by atoms with E-state index in [1.54, 1.807) is 62.4 Å². The molecule has 10 nitrogen and oxygen atoms in total. The third-order valence-corrected chi connectivity index (χ3v) is 14.4. The number of carbonyl (C=O) groups excluding carboxylic acids is 3. The molecule has 0 unspecified atom stereocenters. The van der Waals surface area contributed by atoms with Gasteiger partial charge in [0.1, 0.15) is 31.2 Å². The van der Waals surface area contributed by atoms with Crippen molar-refractivity contribution in [2.75, 3.05) is 14.2 Å². The highest BCUT2D eigenvalue weighted by Gasteiger charge is 2.56. The van der Waals surface area contributed by atoms with E-state index in [0.29, 0.717) is 17.8 Å².